The molecule has 0 spiro atoms. The Morgan fingerprint density at radius 1 is 1.29 bits per heavy atom. The van der Waals surface area contributed by atoms with E-state index in [-0.39, 0.29) is 17.9 Å². The number of rotatable bonds is 3. The van der Waals surface area contributed by atoms with Crippen molar-refractivity contribution < 1.29 is 9.59 Å². The fourth-order valence-corrected chi connectivity index (χ4v) is 4.61. The van der Waals surface area contributed by atoms with E-state index in [1.165, 1.54) is 4.88 Å². The average Bonchev–Trinajstić information content (AvgIpc) is 3.15. The lowest BCUT2D eigenvalue weighted by Crippen LogP contribution is -2.48. The number of thiophene rings is 1. The quantitative estimate of drug-likeness (QED) is 0.854. The molecule has 114 valence electrons. The van der Waals surface area contributed by atoms with E-state index in [1.807, 2.05) is 11.0 Å². The van der Waals surface area contributed by atoms with Crippen LogP contribution >= 0.6 is 11.3 Å². The molecule has 0 radical (unpaired) electrons. The number of amides is 1. The van der Waals surface area contributed by atoms with Crippen molar-refractivity contribution in [1.29, 1.82) is 0 Å². The number of carbonyl (C=O) groups is 2. The summed E-state index contributed by atoms with van der Waals surface area (Å²) in [6.45, 7) is 2.92. The Labute approximate surface area is 130 Å². The fourth-order valence-electron chi connectivity index (χ4n) is 3.70. The first-order valence-electron chi connectivity index (χ1n) is 8.13. The lowest BCUT2D eigenvalue weighted by molar-refractivity contribution is -0.122. The summed E-state index contributed by atoms with van der Waals surface area (Å²) in [6.07, 6.45) is 6.86. The van der Waals surface area contributed by atoms with Gasteiger partial charge >= 0.3 is 0 Å². The molecule has 1 saturated heterocycles. The molecule has 0 aromatic carbocycles. The van der Waals surface area contributed by atoms with Crippen LogP contribution in [-0.4, -0.2) is 29.2 Å². The van der Waals surface area contributed by atoms with E-state index in [1.54, 1.807) is 11.3 Å². The van der Waals surface area contributed by atoms with Crippen molar-refractivity contribution in [2.75, 3.05) is 6.54 Å². The fraction of sp³-hybridized carbons (Fsp3) is 0.647. The minimum Gasteiger partial charge on any atom is -0.334 e. The smallest absolute Gasteiger partial charge is 0.264 e. The number of nitrogens with zero attached hydrogens (tertiary/aromatic N) is 1. The molecule has 1 aliphatic heterocycles. The highest BCUT2D eigenvalue weighted by molar-refractivity contribution is 7.14. The van der Waals surface area contributed by atoms with Gasteiger partial charge in [-0.1, -0.05) is 6.92 Å². The number of hydrogen-bond acceptors (Lipinski definition) is 3. The lowest BCUT2D eigenvalue weighted by Gasteiger charge is -2.38. The summed E-state index contributed by atoms with van der Waals surface area (Å²) in [5.41, 5.74) is 0. The van der Waals surface area contributed by atoms with E-state index >= 15 is 0 Å². The van der Waals surface area contributed by atoms with Gasteiger partial charge in [-0.15, -0.1) is 11.3 Å². The van der Waals surface area contributed by atoms with Crippen LogP contribution in [0.3, 0.4) is 0 Å². The molecular formula is C17H23NO2S. The zero-order chi connectivity index (χ0) is 14.8. The van der Waals surface area contributed by atoms with Gasteiger partial charge in [-0.05, 0) is 50.7 Å². The zero-order valence-corrected chi connectivity index (χ0v) is 13.5. The molecular weight excluding hydrogens is 282 g/mol. The van der Waals surface area contributed by atoms with Gasteiger partial charge in [0.15, 0.2) is 0 Å². The maximum Gasteiger partial charge on any atom is 0.264 e. The summed E-state index contributed by atoms with van der Waals surface area (Å²) in [5, 5.41) is 0. The molecule has 4 heteroatoms. The topological polar surface area (TPSA) is 37.4 Å². The van der Waals surface area contributed by atoms with Crippen LogP contribution in [0.2, 0.25) is 0 Å². The molecule has 0 N–H and O–H groups in total. The van der Waals surface area contributed by atoms with Gasteiger partial charge in [0.1, 0.15) is 5.78 Å². The lowest BCUT2D eigenvalue weighted by atomic mass is 9.88. The van der Waals surface area contributed by atoms with Gasteiger partial charge in [0, 0.05) is 29.8 Å². The predicted octanol–water partition coefficient (Wildman–Crippen LogP) is 3.67. The van der Waals surface area contributed by atoms with Crippen molar-refractivity contribution in [3.05, 3.63) is 21.9 Å². The maximum absolute atomic E-state index is 12.8. The van der Waals surface area contributed by atoms with Crippen LogP contribution in [0.5, 0.6) is 0 Å². The van der Waals surface area contributed by atoms with Gasteiger partial charge in [0.2, 0.25) is 0 Å². The van der Waals surface area contributed by atoms with Crippen molar-refractivity contribution in [2.45, 2.75) is 57.9 Å². The number of ketones is 1. The number of piperidine rings is 1. The highest BCUT2D eigenvalue weighted by Crippen LogP contribution is 2.34. The third-order valence-electron chi connectivity index (χ3n) is 4.85. The normalized spacial score (nSPS) is 26.3. The van der Waals surface area contributed by atoms with Gasteiger partial charge in [-0.3, -0.25) is 9.59 Å². The summed E-state index contributed by atoms with van der Waals surface area (Å²) >= 11 is 1.60. The van der Waals surface area contributed by atoms with Crippen molar-refractivity contribution in [3.63, 3.8) is 0 Å². The molecule has 1 aromatic rings. The van der Waals surface area contributed by atoms with Crippen molar-refractivity contribution in [1.82, 2.24) is 4.90 Å². The van der Waals surface area contributed by atoms with Crippen LogP contribution in [-0.2, 0) is 11.2 Å². The molecule has 2 heterocycles. The highest BCUT2D eigenvalue weighted by atomic mass is 32.1. The Morgan fingerprint density at radius 2 is 2.14 bits per heavy atom. The Hall–Kier alpha value is -1.16. The van der Waals surface area contributed by atoms with Crippen LogP contribution in [0.4, 0.5) is 0 Å². The van der Waals surface area contributed by atoms with Crippen LogP contribution in [0, 0.1) is 5.92 Å². The second-order valence-corrected chi connectivity index (χ2v) is 7.31. The number of carbonyl (C=O) groups excluding carboxylic acids is 2. The van der Waals surface area contributed by atoms with Crippen LogP contribution in [0.25, 0.3) is 0 Å². The summed E-state index contributed by atoms with van der Waals surface area (Å²) in [5.74, 6) is 0.615. The third kappa shape index (κ3) is 2.91. The molecule has 2 fully saturated rings. The monoisotopic (exact) mass is 305 g/mol. The van der Waals surface area contributed by atoms with E-state index in [0.29, 0.717) is 12.2 Å². The first kappa shape index (κ1) is 14.8. The molecule has 21 heavy (non-hydrogen) atoms. The molecule has 1 aliphatic carbocycles. The van der Waals surface area contributed by atoms with Gasteiger partial charge in [0.05, 0.1) is 4.88 Å². The number of likely N-dealkylation sites (tertiary alicyclic amines) is 1. The molecule has 2 atom stereocenters. The Balaban J connectivity index is 1.80. The third-order valence-corrected chi connectivity index (χ3v) is 6.06. The molecule has 2 unspecified atom stereocenters. The minimum absolute atomic E-state index is 0.0971. The summed E-state index contributed by atoms with van der Waals surface area (Å²) in [6, 6.07) is 4.15. The molecule has 1 amide bonds. The van der Waals surface area contributed by atoms with E-state index in [2.05, 4.69) is 13.0 Å². The molecule has 3 nitrogen and oxygen atoms in total. The molecule has 2 aliphatic rings. The van der Waals surface area contributed by atoms with Gasteiger partial charge in [-0.25, -0.2) is 0 Å². The van der Waals surface area contributed by atoms with Crippen LogP contribution < -0.4 is 0 Å². The van der Waals surface area contributed by atoms with Crippen molar-refractivity contribution in [3.8, 4) is 0 Å². The maximum atomic E-state index is 12.8. The first-order valence-corrected chi connectivity index (χ1v) is 8.94. The van der Waals surface area contributed by atoms with Crippen molar-refractivity contribution >= 4 is 23.0 Å². The number of hydrogen-bond donors (Lipinski definition) is 0. The van der Waals surface area contributed by atoms with Gasteiger partial charge < -0.3 is 4.90 Å². The average molecular weight is 305 g/mol. The van der Waals surface area contributed by atoms with Crippen molar-refractivity contribution in [2.24, 2.45) is 5.92 Å². The Morgan fingerprint density at radius 3 is 2.81 bits per heavy atom. The zero-order valence-electron chi connectivity index (χ0n) is 12.6. The predicted molar refractivity (Wildman–Crippen MR) is 84.7 cm³/mol. The van der Waals surface area contributed by atoms with Crippen LogP contribution in [0.1, 0.15) is 60.0 Å². The van der Waals surface area contributed by atoms with E-state index in [9.17, 15) is 9.59 Å². The second kappa shape index (κ2) is 6.30. The Bertz CT molecular complexity index is 537. The summed E-state index contributed by atoms with van der Waals surface area (Å²) in [4.78, 5) is 29.0. The van der Waals surface area contributed by atoms with Crippen LogP contribution in [0.15, 0.2) is 12.1 Å². The minimum atomic E-state index is 0.0971. The SMILES string of the molecule is CCc1ccc(C(=O)N2CCCCC2C2CCCC2=O)s1. The highest BCUT2D eigenvalue weighted by Gasteiger charge is 2.39. The van der Waals surface area contributed by atoms with E-state index < -0.39 is 0 Å². The van der Waals surface area contributed by atoms with E-state index in [4.69, 9.17) is 0 Å². The second-order valence-electron chi connectivity index (χ2n) is 6.15. The Kier molecular flexibility index (Phi) is 4.43. The summed E-state index contributed by atoms with van der Waals surface area (Å²) in [7, 11) is 0. The first-order chi connectivity index (χ1) is 10.2. The molecule has 0 bridgehead atoms. The standard InChI is InChI=1S/C17H23NO2S/c1-2-12-9-10-16(21-12)17(20)18-11-4-3-7-14(18)13-6-5-8-15(13)19/h9-10,13-14H,2-8,11H2,1H3. The molecule has 1 saturated carbocycles. The molecule has 3 rings (SSSR count). The van der Waals surface area contributed by atoms with Gasteiger partial charge in [-0.2, -0.15) is 0 Å². The number of aryl methyl sites for hydroxylation is 1. The van der Waals surface area contributed by atoms with E-state index in [0.717, 1.165) is 49.9 Å². The number of Topliss-reactive ketones (excluding diaryl/α,β-unsaturated/α-hetero) is 1. The molecule has 1 aromatic heterocycles. The van der Waals surface area contributed by atoms with Gasteiger partial charge in [0.25, 0.3) is 5.91 Å². The summed E-state index contributed by atoms with van der Waals surface area (Å²) < 4.78 is 0. The largest absolute Gasteiger partial charge is 0.334 e.